The van der Waals surface area contributed by atoms with Crippen molar-refractivity contribution in [1.29, 1.82) is 0 Å². The summed E-state index contributed by atoms with van der Waals surface area (Å²) in [5, 5.41) is 8.17. The van der Waals surface area contributed by atoms with Crippen molar-refractivity contribution in [3.05, 3.63) is 52.8 Å². The molecule has 2 aliphatic rings. The topological polar surface area (TPSA) is 49.0 Å². The normalized spacial score (nSPS) is 20.6. The van der Waals surface area contributed by atoms with E-state index in [-0.39, 0.29) is 11.8 Å². The lowest BCUT2D eigenvalue weighted by Gasteiger charge is -2.33. The van der Waals surface area contributed by atoms with E-state index in [1.54, 1.807) is 0 Å². The first-order valence-electron chi connectivity index (χ1n) is 9.00. The number of H-pyrrole nitrogens is 1. The second kappa shape index (κ2) is 7.04. The van der Waals surface area contributed by atoms with Gasteiger partial charge in [0.25, 0.3) is 0 Å². The van der Waals surface area contributed by atoms with E-state index in [1.165, 1.54) is 0 Å². The number of halogens is 1. The zero-order valence-electron chi connectivity index (χ0n) is 14.2. The molecule has 25 heavy (non-hydrogen) atoms. The molecule has 0 spiro atoms. The van der Waals surface area contributed by atoms with Gasteiger partial charge in [0.1, 0.15) is 0 Å². The molecule has 1 aliphatic heterocycles. The maximum Gasteiger partial charge on any atom is 0.249 e. The average Bonchev–Trinajstić information content (AvgIpc) is 3.33. The minimum atomic E-state index is 0.228. The Morgan fingerprint density at radius 2 is 2.24 bits per heavy atom. The van der Waals surface area contributed by atoms with Crippen molar-refractivity contribution >= 4 is 17.5 Å². The quantitative estimate of drug-likeness (QED) is 0.878. The molecule has 1 saturated heterocycles. The lowest BCUT2D eigenvalue weighted by Crippen LogP contribution is -2.39. The van der Waals surface area contributed by atoms with E-state index >= 15 is 0 Å². The van der Waals surface area contributed by atoms with Gasteiger partial charge >= 0.3 is 0 Å². The molecule has 1 aromatic carbocycles. The molecule has 1 amide bonds. The van der Waals surface area contributed by atoms with Gasteiger partial charge in [0, 0.05) is 40.9 Å². The first-order chi connectivity index (χ1) is 12.2. The van der Waals surface area contributed by atoms with Crippen molar-refractivity contribution in [2.75, 3.05) is 13.1 Å². The summed E-state index contributed by atoms with van der Waals surface area (Å²) in [7, 11) is 0. The Bertz CT molecular complexity index is 811. The van der Waals surface area contributed by atoms with E-state index < -0.39 is 0 Å². The van der Waals surface area contributed by atoms with Crippen LogP contribution in [-0.2, 0) is 4.79 Å². The molecule has 4 rings (SSSR count). The molecule has 0 bridgehead atoms. The third kappa shape index (κ3) is 3.36. The average molecular weight is 356 g/mol. The SMILES string of the molecule is O=C(C1=CCCC1)N1CCCC(c2[nH]ncc2-c2cccc(Cl)c2)C1. The summed E-state index contributed by atoms with van der Waals surface area (Å²) in [5.74, 6) is 0.516. The van der Waals surface area contributed by atoms with Crippen LogP contribution in [0, 0.1) is 0 Å². The number of hydrogen-bond acceptors (Lipinski definition) is 2. The molecule has 1 aliphatic carbocycles. The Kier molecular flexibility index (Phi) is 4.62. The third-order valence-corrected chi connectivity index (χ3v) is 5.47. The maximum absolute atomic E-state index is 12.7. The number of aromatic nitrogens is 2. The molecule has 0 saturated carbocycles. The van der Waals surface area contributed by atoms with Crippen LogP contribution in [0.25, 0.3) is 11.1 Å². The van der Waals surface area contributed by atoms with E-state index in [0.717, 1.165) is 72.6 Å². The number of piperidine rings is 1. The number of nitrogens with zero attached hydrogens (tertiary/aromatic N) is 2. The van der Waals surface area contributed by atoms with Crippen molar-refractivity contribution in [2.24, 2.45) is 0 Å². The fraction of sp³-hybridized carbons (Fsp3) is 0.400. The van der Waals surface area contributed by atoms with E-state index in [2.05, 4.69) is 22.3 Å². The number of likely N-dealkylation sites (tertiary alicyclic amines) is 1. The Balaban J connectivity index is 1.56. The second-order valence-electron chi connectivity index (χ2n) is 6.92. The van der Waals surface area contributed by atoms with Crippen LogP contribution >= 0.6 is 11.6 Å². The number of aromatic amines is 1. The van der Waals surface area contributed by atoms with E-state index in [9.17, 15) is 4.79 Å². The fourth-order valence-corrected chi connectivity index (χ4v) is 4.15. The lowest BCUT2D eigenvalue weighted by molar-refractivity contribution is -0.128. The summed E-state index contributed by atoms with van der Waals surface area (Å²) in [6.07, 6.45) is 9.14. The fourth-order valence-electron chi connectivity index (χ4n) is 3.96. The van der Waals surface area contributed by atoms with Crippen molar-refractivity contribution in [3.63, 3.8) is 0 Å². The van der Waals surface area contributed by atoms with Crippen LogP contribution in [0.3, 0.4) is 0 Å². The zero-order chi connectivity index (χ0) is 17.2. The Labute approximate surface area is 152 Å². The number of allylic oxidation sites excluding steroid dienone is 1. The Morgan fingerprint density at radius 3 is 3.04 bits per heavy atom. The first kappa shape index (κ1) is 16.4. The molecule has 1 N–H and O–H groups in total. The second-order valence-corrected chi connectivity index (χ2v) is 7.36. The van der Waals surface area contributed by atoms with Crippen molar-refractivity contribution < 1.29 is 4.79 Å². The van der Waals surface area contributed by atoms with Gasteiger partial charge in [-0.2, -0.15) is 5.10 Å². The highest BCUT2D eigenvalue weighted by molar-refractivity contribution is 6.30. The highest BCUT2D eigenvalue weighted by Gasteiger charge is 2.29. The van der Waals surface area contributed by atoms with Crippen LogP contribution in [0.15, 0.2) is 42.1 Å². The van der Waals surface area contributed by atoms with Gasteiger partial charge < -0.3 is 4.90 Å². The van der Waals surface area contributed by atoms with Gasteiger partial charge in [-0.1, -0.05) is 29.8 Å². The van der Waals surface area contributed by atoms with Gasteiger partial charge in [-0.25, -0.2) is 0 Å². The van der Waals surface area contributed by atoms with E-state index in [1.807, 2.05) is 29.3 Å². The first-order valence-corrected chi connectivity index (χ1v) is 9.37. The van der Waals surface area contributed by atoms with Gasteiger partial charge in [-0.15, -0.1) is 0 Å². The maximum atomic E-state index is 12.7. The summed E-state index contributed by atoms with van der Waals surface area (Å²) < 4.78 is 0. The summed E-state index contributed by atoms with van der Waals surface area (Å²) in [6, 6.07) is 7.85. The van der Waals surface area contributed by atoms with Crippen LogP contribution in [0.1, 0.15) is 43.7 Å². The number of rotatable bonds is 3. The van der Waals surface area contributed by atoms with Crippen LogP contribution in [0.4, 0.5) is 0 Å². The summed E-state index contributed by atoms with van der Waals surface area (Å²) >= 11 is 6.15. The van der Waals surface area contributed by atoms with Crippen molar-refractivity contribution in [3.8, 4) is 11.1 Å². The molecule has 1 atom stereocenters. The molecule has 2 aromatic rings. The minimum Gasteiger partial charge on any atom is -0.338 e. The van der Waals surface area contributed by atoms with Gasteiger partial charge in [-0.05, 0) is 49.8 Å². The molecular formula is C20H22ClN3O. The smallest absolute Gasteiger partial charge is 0.249 e. The minimum absolute atomic E-state index is 0.228. The molecule has 4 nitrogen and oxygen atoms in total. The number of hydrogen-bond donors (Lipinski definition) is 1. The van der Waals surface area contributed by atoms with Gasteiger partial charge in [0.15, 0.2) is 0 Å². The Morgan fingerprint density at radius 1 is 1.32 bits per heavy atom. The summed E-state index contributed by atoms with van der Waals surface area (Å²) in [4.78, 5) is 14.8. The monoisotopic (exact) mass is 355 g/mol. The van der Waals surface area contributed by atoms with Crippen LogP contribution in [0.2, 0.25) is 5.02 Å². The lowest BCUT2D eigenvalue weighted by atomic mass is 9.90. The number of carbonyl (C=O) groups is 1. The van der Waals surface area contributed by atoms with Gasteiger partial charge in [0.2, 0.25) is 5.91 Å². The zero-order valence-corrected chi connectivity index (χ0v) is 14.9. The molecule has 1 fully saturated rings. The van der Waals surface area contributed by atoms with Crippen molar-refractivity contribution in [2.45, 2.75) is 38.0 Å². The molecular weight excluding hydrogens is 334 g/mol. The molecule has 1 unspecified atom stereocenters. The number of benzene rings is 1. The predicted octanol–water partition coefficient (Wildman–Crippen LogP) is 4.55. The highest BCUT2D eigenvalue weighted by atomic mass is 35.5. The largest absolute Gasteiger partial charge is 0.338 e. The van der Waals surface area contributed by atoms with Crippen molar-refractivity contribution in [1.82, 2.24) is 15.1 Å². The standard InChI is InChI=1S/C20H22ClN3O/c21-17-9-3-7-15(11-17)18-12-22-23-19(18)16-8-4-10-24(13-16)20(25)14-5-1-2-6-14/h3,5,7,9,11-12,16H,1-2,4,6,8,10,13H2,(H,22,23). The summed E-state index contributed by atoms with van der Waals surface area (Å²) in [6.45, 7) is 1.61. The number of amides is 1. The van der Waals surface area contributed by atoms with Crippen LogP contribution < -0.4 is 0 Å². The Hall–Kier alpha value is -2.07. The number of carbonyl (C=O) groups excluding carboxylic acids is 1. The van der Waals surface area contributed by atoms with Crippen LogP contribution in [-0.4, -0.2) is 34.1 Å². The van der Waals surface area contributed by atoms with E-state index in [0.29, 0.717) is 0 Å². The van der Waals surface area contributed by atoms with Gasteiger partial charge in [0.05, 0.1) is 6.20 Å². The summed E-state index contributed by atoms with van der Waals surface area (Å²) in [5.41, 5.74) is 4.26. The molecule has 130 valence electrons. The predicted molar refractivity (Wildman–Crippen MR) is 99.5 cm³/mol. The van der Waals surface area contributed by atoms with Crippen LogP contribution in [0.5, 0.6) is 0 Å². The van der Waals surface area contributed by atoms with E-state index in [4.69, 9.17) is 11.6 Å². The molecule has 2 heterocycles. The third-order valence-electron chi connectivity index (χ3n) is 5.24. The van der Waals surface area contributed by atoms with Gasteiger partial charge in [-0.3, -0.25) is 9.89 Å². The molecule has 0 radical (unpaired) electrons. The molecule has 1 aromatic heterocycles. The number of nitrogens with one attached hydrogen (secondary N) is 1. The molecule has 5 heteroatoms. The highest BCUT2D eigenvalue weighted by Crippen LogP contribution is 2.34.